The fourth-order valence-corrected chi connectivity index (χ4v) is 3.69. The Morgan fingerprint density at radius 2 is 1.82 bits per heavy atom. The number of rotatable bonds is 8. The summed E-state index contributed by atoms with van der Waals surface area (Å²) in [6.07, 6.45) is 0.348. The van der Waals surface area contributed by atoms with Crippen molar-refractivity contribution in [2.75, 3.05) is 5.75 Å². The maximum Gasteiger partial charge on any atom is 0.323 e. The normalized spacial score (nSPS) is 18.1. The second-order valence-electron chi connectivity index (χ2n) is 3.44. The number of nitrogens with two attached hydrogens (primary N) is 3. The molecule has 0 aromatic heterocycles. The minimum Gasteiger partial charge on any atom is -0.480 e. The van der Waals surface area contributed by atoms with Gasteiger partial charge in [0.15, 0.2) is 0 Å². The zero-order valence-corrected chi connectivity index (χ0v) is 11.0. The van der Waals surface area contributed by atoms with E-state index in [9.17, 15) is 9.59 Å². The van der Waals surface area contributed by atoms with Gasteiger partial charge in [0.05, 0.1) is 4.87 Å². The van der Waals surface area contributed by atoms with Gasteiger partial charge in [0, 0.05) is 5.75 Å². The second kappa shape index (κ2) is 7.07. The van der Waals surface area contributed by atoms with Gasteiger partial charge in [0.1, 0.15) is 12.1 Å². The Bertz CT molecular complexity index is 292. The summed E-state index contributed by atoms with van der Waals surface area (Å²) < 4.78 is 0. The fraction of sp³-hybridized carbons (Fsp3) is 0.750. The van der Waals surface area contributed by atoms with E-state index in [4.69, 9.17) is 27.4 Å². The lowest BCUT2D eigenvalue weighted by Crippen LogP contribution is -2.56. The van der Waals surface area contributed by atoms with E-state index in [0.717, 1.165) is 21.6 Å². The summed E-state index contributed by atoms with van der Waals surface area (Å²) in [5.41, 5.74) is 16.6. The van der Waals surface area contributed by atoms with Gasteiger partial charge in [-0.05, 0) is 6.42 Å². The number of hydrogen-bond donors (Lipinski definition) is 5. The summed E-state index contributed by atoms with van der Waals surface area (Å²) in [6, 6.07) is -2.22. The summed E-state index contributed by atoms with van der Waals surface area (Å²) in [4.78, 5) is 20.1. The highest BCUT2D eigenvalue weighted by Crippen LogP contribution is 2.36. The average Bonchev–Trinajstić information content (AvgIpc) is 2.27. The maximum absolute atomic E-state index is 10.8. The van der Waals surface area contributed by atoms with E-state index < -0.39 is 28.9 Å². The van der Waals surface area contributed by atoms with Gasteiger partial charge in [-0.1, -0.05) is 28.5 Å². The lowest BCUT2D eigenvalue weighted by molar-refractivity contribution is -0.139. The van der Waals surface area contributed by atoms with E-state index in [2.05, 4.69) is 0 Å². The molecule has 0 fully saturated rings. The molecular formula is C8H17N3O4S2. The molecule has 0 heterocycles. The third-order valence-electron chi connectivity index (χ3n) is 2.12. The monoisotopic (exact) mass is 283 g/mol. The van der Waals surface area contributed by atoms with Crippen molar-refractivity contribution in [3.8, 4) is 0 Å². The van der Waals surface area contributed by atoms with Crippen molar-refractivity contribution in [3.05, 3.63) is 0 Å². The van der Waals surface area contributed by atoms with E-state index in [1.165, 1.54) is 0 Å². The first-order valence-corrected chi connectivity index (χ1v) is 7.12. The van der Waals surface area contributed by atoms with Crippen LogP contribution in [0.25, 0.3) is 0 Å². The molecule has 1 unspecified atom stereocenters. The molecule has 17 heavy (non-hydrogen) atoms. The van der Waals surface area contributed by atoms with Crippen LogP contribution in [0.15, 0.2) is 0 Å². The largest absolute Gasteiger partial charge is 0.480 e. The van der Waals surface area contributed by atoms with Crippen LogP contribution in [0.2, 0.25) is 0 Å². The molecule has 0 aromatic rings. The third-order valence-corrected chi connectivity index (χ3v) is 5.28. The van der Waals surface area contributed by atoms with Crippen LogP contribution in [-0.2, 0) is 9.59 Å². The molecule has 0 aliphatic rings. The molecule has 0 saturated carbocycles. The molecule has 8 N–H and O–H groups in total. The summed E-state index contributed by atoms with van der Waals surface area (Å²) in [7, 11) is 2.16. The minimum absolute atomic E-state index is 0.130. The fourth-order valence-electron chi connectivity index (χ4n) is 0.828. The number of carboxylic acid groups (broad SMARTS) is 2. The summed E-state index contributed by atoms with van der Waals surface area (Å²) in [5.74, 6) is -2.17. The van der Waals surface area contributed by atoms with Crippen LogP contribution in [0.4, 0.5) is 0 Å². The summed E-state index contributed by atoms with van der Waals surface area (Å²) in [6.45, 7) is 1.72. The van der Waals surface area contributed by atoms with Crippen LogP contribution < -0.4 is 17.2 Å². The van der Waals surface area contributed by atoms with Crippen LogP contribution >= 0.6 is 21.6 Å². The first-order valence-electron chi connectivity index (χ1n) is 4.81. The quantitative estimate of drug-likeness (QED) is 0.286. The van der Waals surface area contributed by atoms with Crippen LogP contribution in [0.3, 0.4) is 0 Å². The second-order valence-corrected chi connectivity index (χ2v) is 6.14. The number of carboxylic acids is 2. The Kier molecular flexibility index (Phi) is 6.87. The van der Waals surface area contributed by atoms with Gasteiger partial charge in [-0.25, -0.2) is 0 Å². The van der Waals surface area contributed by atoms with Crippen LogP contribution in [0.5, 0.6) is 0 Å². The van der Waals surface area contributed by atoms with Crippen molar-refractivity contribution in [1.29, 1.82) is 0 Å². The topological polar surface area (TPSA) is 153 Å². The first-order chi connectivity index (χ1) is 7.74. The van der Waals surface area contributed by atoms with E-state index in [1.54, 1.807) is 6.92 Å². The van der Waals surface area contributed by atoms with Gasteiger partial charge in [-0.2, -0.15) is 0 Å². The highest BCUT2D eigenvalue weighted by Gasteiger charge is 2.37. The lowest BCUT2D eigenvalue weighted by Gasteiger charge is -2.30. The molecule has 0 bridgehead atoms. The Hall–Kier alpha value is -0.480. The van der Waals surface area contributed by atoms with E-state index in [1.807, 2.05) is 0 Å². The minimum atomic E-state index is -1.22. The Balaban J connectivity index is 4.31. The first kappa shape index (κ1) is 16.5. The summed E-state index contributed by atoms with van der Waals surface area (Å²) in [5, 5.41) is 17.4. The molecule has 0 rings (SSSR count). The molecule has 7 nitrogen and oxygen atoms in total. The van der Waals surface area contributed by atoms with Gasteiger partial charge in [-0.15, -0.1) is 0 Å². The maximum atomic E-state index is 10.8. The molecule has 0 amide bonds. The molecule has 0 radical (unpaired) electrons. The van der Waals surface area contributed by atoms with E-state index in [0.29, 0.717) is 6.42 Å². The average molecular weight is 283 g/mol. The molecule has 0 aromatic carbocycles. The highest BCUT2D eigenvalue weighted by molar-refractivity contribution is 8.77. The van der Waals surface area contributed by atoms with Gasteiger partial charge < -0.3 is 27.4 Å². The zero-order chi connectivity index (χ0) is 13.6. The molecule has 100 valence electrons. The van der Waals surface area contributed by atoms with E-state index in [-0.39, 0.29) is 5.75 Å². The van der Waals surface area contributed by atoms with Gasteiger partial charge in [0.25, 0.3) is 0 Å². The summed E-state index contributed by atoms with van der Waals surface area (Å²) >= 11 is 0. The predicted octanol–water partition coefficient (Wildman–Crippen LogP) is -0.743. The molecular weight excluding hydrogens is 266 g/mol. The Labute approximate surface area is 107 Å². The predicted molar refractivity (Wildman–Crippen MR) is 68.5 cm³/mol. The lowest BCUT2D eigenvalue weighted by atomic mass is 10.1. The van der Waals surface area contributed by atoms with Crippen molar-refractivity contribution >= 4 is 33.5 Å². The Morgan fingerprint density at radius 3 is 2.18 bits per heavy atom. The van der Waals surface area contributed by atoms with Gasteiger partial charge in [-0.3, -0.25) is 9.59 Å². The molecule has 0 aliphatic carbocycles. The number of carbonyl (C=O) groups is 2. The van der Waals surface area contributed by atoms with Crippen molar-refractivity contribution in [2.45, 2.75) is 30.3 Å². The van der Waals surface area contributed by atoms with Crippen LogP contribution in [0, 0.1) is 0 Å². The molecule has 0 saturated heterocycles. The van der Waals surface area contributed by atoms with Crippen molar-refractivity contribution in [3.63, 3.8) is 0 Å². The van der Waals surface area contributed by atoms with Gasteiger partial charge in [0.2, 0.25) is 0 Å². The Morgan fingerprint density at radius 1 is 1.29 bits per heavy atom. The molecule has 0 spiro atoms. The zero-order valence-electron chi connectivity index (χ0n) is 9.33. The van der Waals surface area contributed by atoms with Crippen molar-refractivity contribution in [1.82, 2.24) is 0 Å². The highest BCUT2D eigenvalue weighted by atomic mass is 33.1. The van der Waals surface area contributed by atoms with E-state index >= 15 is 0 Å². The standard InChI is InChI=1S/C8H17N3O4S2/c1-2-8(11,5(10)7(14)15)17-16-3-4(9)6(12)13/h4-5H,2-3,9-11H2,1H3,(H,12,13)(H,14,15)/t4-,5+,8?/m0/s1. The van der Waals surface area contributed by atoms with Gasteiger partial charge >= 0.3 is 11.9 Å². The molecule has 9 heteroatoms. The third kappa shape index (κ3) is 5.13. The number of aliphatic carboxylic acids is 2. The van der Waals surface area contributed by atoms with Crippen LogP contribution in [-0.4, -0.2) is 44.9 Å². The van der Waals surface area contributed by atoms with Crippen LogP contribution in [0.1, 0.15) is 13.3 Å². The molecule has 0 aliphatic heterocycles. The molecule has 3 atom stereocenters. The SMILES string of the molecule is CCC(N)(SSC[C@H](N)C(=O)O)[C@H](N)C(=O)O. The number of hydrogen-bond acceptors (Lipinski definition) is 7. The smallest absolute Gasteiger partial charge is 0.323 e. The van der Waals surface area contributed by atoms with Crippen molar-refractivity contribution < 1.29 is 19.8 Å². The van der Waals surface area contributed by atoms with Crippen molar-refractivity contribution in [2.24, 2.45) is 17.2 Å².